The zero-order chi connectivity index (χ0) is 13.9. The Bertz CT molecular complexity index is 772. The largest absolute Gasteiger partial charge is 0.334 e. The van der Waals surface area contributed by atoms with E-state index in [1.807, 2.05) is 0 Å². The molecular formula is C14H7ClN4O. The van der Waals surface area contributed by atoms with Crippen LogP contribution in [0.4, 0.5) is 0 Å². The summed E-state index contributed by atoms with van der Waals surface area (Å²) in [6, 6.07) is 12.4. The van der Waals surface area contributed by atoms with Crippen LogP contribution < -0.4 is 0 Å². The molecule has 96 valence electrons. The summed E-state index contributed by atoms with van der Waals surface area (Å²) in [7, 11) is 0. The summed E-state index contributed by atoms with van der Waals surface area (Å²) in [5, 5.41) is 13.1. The second-order valence-corrected chi connectivity index (χ2v) is 4.37. The van der Waals surface area contributed by atoms with Gasteiger partial charge in [0.1, 0.15) is 5.15 Å². The van der Waals surface area contributed by atoms with Gasteiger partial charge in [-0.3, -0.25) is 0 Å². The second kappa shape index (κ2) is 5.11. The van der Waals surface area contributed by atoms with Gasteiger partial charge < -0.3 is 4.52 Å². The fourth-order valence-corrected chi connectivity index (χ4v) is 1.77. The third-order valence-corrected chi connectivity index (χ3v) is 2.90. The van der Waals surface area contributed by atoms with E-state index in [-0.39, 0.29) is 0 Å². The monoisotopic (exact) mass is 282 g/mol. The summed E-state index contributed by atoms with van der Waals surface area (Å²) in [4.78, 5) is 8.26. The molecule has 0 saturated carbocycles. The van der Waals surface area contributed by atoms with Crippen molar-refractivity contribution in [1.29, 1.82) is 5.26 Å². The van der Waals surface area contributed by atoms with E-state index in [0.29, 0.717) is 22.4 Å². The molecule has 0 bridgehead atoms. The average Bonchev–Trinajstić information content (AvgIpc) is 2.98. The highest BCUT2D eigenvalue weighted by atomic mass is 35.5. The Morgan fingerprint density at radius 2 is 1.80 bits per heavy atom. The van der Waals surface area contributed by atoms with Gasteiger partial charge in [-0.15, -0.1) is 0 Å². The Balaban J connectivity index is 1.93. The fraction of sp³-hybridized carbons (Fsp3) is 0. The lowest BCUT2D eigenvalue weighted by atomic mass is 10.1. The van der Waals surface area contributed by atoms with Crippen LogP contribution in [0.1, 0.15) is 5.56 Å². The number of hydrogen-bond donors (Lipinski definition) is 0. The van der Waals surface area contributed by atoms with Gasteiger partial charge in [0.2, 0.25) is 5.82 Å². The van der Waals surface area contributed by atoms with Crippen LogP contribution in [0.2, 0.25) is 5.15 Å². The van der Waals surface area contributed by atoms with Crippen molar-refractivity contribution in [1.82, 2.24) is 15.1 Å². The minimum Gasteiger partial charge on any atom is -0.334 e. The number of hydrogen-bond acceptors (Lipinski definition) is 5. The van der Waals surface area contributed by atoms with Crippen molar-refractivity contribution in [3.63, 3.8) is 0 Å². The van der Waals surface area contributed by atoms with Crippen LogP contribution in [0.15, 0.2) is 47.1 Å². The standard InChI is InChI=1S/C14H7ClN4O/c15-12-6-5-11(8-17-12)13-18-14(20-19-13)10-3-1-9(7-16)2-4-10/h1-6,8H. The molecule has 3 rings (SSSR count). The van der Waals surface area contributed by atoms with E-state index in [4.69, 9.17) is 21.4 Å². The fourth-order valence-electron chi connectivity index (χ4n) is 1.65. The maximum atomic E-state index is 8.76. The van der Waals surface area contributed by atoms with Crippen molar-refractivity contribution in [3.8, 4) is 28.9 Å². The Labute approximate surface area is 119 Å². The summed E-state index contributed by atoms with van der Waals surface area (Å²) in [5.41, 5.74) is 2.05. The van der Waals surface area contributed by atoms with E-state index < -0.39 is 0 Å². The Morgan fingerprint density at radius 3 is 2.45 bits per heavy atom. The minimum atomic E-state index is 0.388. The van der Waals surface area contributed by atoms with Crippen LogP contribution in [-0.4, -0.2) is 15.1 Å². The van der Waals surface area contributed by atoms with E-state index in [0.717, 1.165) is 11.1 Å². The predicted molar refractivity (Wildman–Crippen MR) is 72.7 cm³/mol. The first-order chi connectivity index (χ1) is 9.76. The molecule has 0 aliphatic carbocycles. The number of rotatable bonds is 2. The van der Waals surface area contributed by atoms with Crippen LogP contribution in [0.3, 0.4) is 0 Å². The third kappa shape index (κ3) is 2.37. The number of benzene rings is 1. The van der Waals surface area contributed by atoms with Gasteiger partial charge >= 0.3 is 0 Å². The molecule has 2 aromatic heterocycles. The summed E-state index contributed by atoms with van der Waals surface area (Å²) in [6.45, 7) is 0. The molecule has 0 fully saturated rings. The normalized spacial score (nSPS) is 10.2. The molecule has 2 heterocycles. The first-order valence-electron chi connectivity index (χ1n) is 5.72. The van der Waals surface area contributed by atoms with Gasteiger partial charge in [0, 0.05) is 17.3 Å². The molecule has 20 heavy (non-hydrogen) atoms. The molecule has 0 N–H and O–H groups in total. The van der Waals surface area contributed by atoms with Crippen LogP contribution in [-0.2, 0) is 0 Å². The number of nitriles is 1. The highest BCUT2D eigenvalue weighted by molar-refractivity contribution is 6.29. The molecular weight excluding hydrogens is 276 g/mol. The van der Waals surface area contributed by atoms with E-state index in [2.05, 4.69) is 21.2 Å². The maximum Gasteiger partial charge on any atom is 0.258 e. The van der Waals surface area contributed by atoms with Gasteiger partial charge in [-0.2, -0.15) is 10.2 Å². The van der Waals surface area contributed by atoms with E-state index in [1.165, 1.54) is 0 Å². The van der Waals surface area contributed by atoms with Gasteiger partial charge in [0.15, 0.2) is 0 Å². The van der Waals surface area contributed by atoms with Crippen molar-refractivity contribution < 1.29 is 4.52 Å². The molecule has 0 aliphatic rings. The molecule has 6 heteroatoms. The summed E-state index contributed by atoms with van der Waals surface area (Å²) >= 11 is 5.73. The predicted octanol–water partition coefficient (Wildman–Crippen LogP) is 3.32. The number of nitrogens with zero attached hydrogens (tertiary/aromatic N) is 4. The first-order valence-corrected chi connectivity index (χ1v) is 6.10. The Morgan fingerprint density at radius 1 is 1.05 bits per heavy atom. The van der Waals surface area contributed by atoms with Gasteiger partial charge in [0.05, 0.1) is 11.6 Å². The van der Waals surface area contributed by atoms with Gasteiger partial charge in [-0.05, 0) is 36.4 Å². The van der Waals surface area contributed by atoms with Crippen molar-refractivity contribution in [2.45, 2.75) is 0 Å². The number of aromatic nitrogens is 3. The lowest BCUT2D eigenvalue weighted by Gasteiger charge is -1.94. The summed E-state index contributed by atoms with van der Waals surface area (Å²) in [6.07, 6.45) is 1.58. The Hall–Kier alpha value is -2.71. The molecule has 0 unspecified atom stereocenters. The van der Waals surface area contributed by atoms with Crippen molar-refractivity contribution >= 4 is 11.6 Å². The summed E-state index contributed by atoms with van der Waals surface area (Å²) < 4.78 is 5.20. The minimum absolute atomic E-state index is 0.388. The van der Waals surface area contributed by atoms with Crippen LogP contribution in [0, 0.1) is 11.3 Å². The molecule has 0 saturated heterocycles. The van der Waals surface area contributed by atoms with Crippen molar-refractivity contribution in [3.05, 3.63) is 53.3 Å². The molecule has 0 atom stereocenters. The first kappa shape index (κ1) is 12.3. The number of pyridine rings is 1. The molecule has 0 spiro atoms. The van der Waals surface area contributed by atoms with Gasteiger partial charge in [0.25, 0.3) is 5.89 Å². The molecule has 0 radical (unpaired) electrons. The zero-order valence-corrected chi connectivity index (χ0v) is 10.9. The molecule has 1 aromatic carbocycles. The molecule has 3 aromatic rings. The van der Waals surface area contributed by atoms with E-state index in [9.17, 15) is 0 Å². The van der Waals surface area contributed by atoms with Gasteiger partial charge in [-0.1, -0.05) is 16.8 Å². The summed E-state index contributed by atoms with van der Waals surface area (Å²) in [5.74, 6) is 0.827. The van der Waals surface area contributed by atoms with Crippen LogP contribution >= 0.6 is 11.6 Å². The van der Waals surface area contributed by atoms with Crippen LogP contribution in [0.5, 0.6) is 0 Å². The Kier molecular flexibility index (Phi) is 3.15. The molecule has 5 nitrogen and oxygen atoms in total. The van der Waals surface area contributed by atoms with Crippen molar-refractivity contribution in [2.24, 2.45) is 0 Å². The van der Waals surface area contributed by atoms with E-state index in [1.54, 1.807) is 42.6 Å². The highest BCUT2D eigenvalue weighted by Crippen LogP contribution is 2.22. The zero-order valence-electron chi connectivity index (χ0n) is 10.1. The average molecular weight is 283 g/mol. The molecule has 0 amide bonds. The lowest BCUT2D eigenvalue weighted by molar-refractivity contribution is 0.432. The maximum absolute atomic E-state index is 8.76. The van der Waals surface area contributed by atoms with Crippen molar-refractivity contribution in [2.75, 3.05) is 0 Å². The second-order valence-electron chi connectivity index (χ2n) is 3.98. The van der Waals surface area contributed by atoms with Gasteiger partial charge in [-0.25, -0.2) is 4.98 Å². The SMILES string of the molecule is N#Cc1ccc(-c2nc(-c3ccc(Cl)nc3)no2)cc1. The highest BCUT2D eigenvalue weighted by Gasteiger charge is 2.10. The quantitative estimate of drug-likeness (QED) is 0.674. The molecule has 0 aliphatic heterocycles. The van der Waals surface area contributed by atoms with E-state index >= 15 is 0 Å². The van der Waals surface area contributed by atoms with Crippen LogP contribution in [0.25, 0.3) is 22.8 Å². The smallest absolute Gasteiger partial charge is 0.258 e. The third-order valence-electron chi connectivity index (χ3n) is 2.67. The number of halogens is 1. The topological polar surface area (TPSA) is 75.6 Å². The lowest BCUT2D eigenvalue weighted by Crippen LogP contribution is -1.83.